The van der Waals surface area contributed by atoms with Crippen LogP contribution < -0.4 is 14.4 Å². The van der Waals surface area contributed by atoms with E-state index < -0.39 is 47.6 Å². The standard InChI is InChI=1S/C45H48ClN9O8S2/c1-45(2)15-12-31(37(25-45)29-4-6-32(46)7-5-29)27-51-18-20-52(21-19-51)33-8-10-36(39(23-33)54-40-22-30-13-16-47-43(30)49-38(40)26-48-54)44(56)50-65(61,62)35-9-11-42(41(24-35)55(57)58)63-34-14-17-53(28-34)64(3,59)60/h4-11,13,16,22-24,26,34H,12,14-15,17-21,25,27-28H2,1-3H3,(H,47,49)(H,50,56)/t34-/m0/s1. The van der Waals surface area contributed by atoms with E-state index in [1.165, 1.54) is 21.0 Å². The van der Waals surface area contributed by atoms with Crippen molar-refractivity contribution in [3.8, 4) is 11.4 Å². The lowest BCUT2D eigenvalue weighted by Gasteiger charge is -2.39. The van der Waals surface area contributed by atoms with Crippen molar-refractivity contribution in [3.05, 3.63) is 117 Å². The lowest BCUT2D eigenvalue weighted by Crippen LogP contribution is -2.47. The quantitative estimate of drug-likeness (QED) is 0.0963. The van der Waals surface area contributed by atoms with Gasteiger partial charge in [0.2, 0.25) is 10.0 Å². The highest BCUT2D eigenvalue weighted by Gasteiger charge is 2.34. The van der Waals surface area contributed by atoms with Gasteiger partial charge in [-0.15, -0.1) is 0 Å². The zero-order valence-corrected chi connectivity index (χ0v) is 38.4. The fraction of sp³-hybridized carbons (Fsp3) is 0.356. The number of aromatic nitrogens is 4. The lowest BCUT2D eigenvalue weighted by molar-refractivity contribution is -0.386. The zero-order chi connectivity index (χ0) is 45.8. The van der Waals surface area contributed by atoms with E-state index in [-0.39, 0.29) is 29.8 Å². The van der Waals surface area contributed by atoms with Crippen molar-refractivity contribution in [1.29, 1.82) is 0 Å². The van der Waals surface area contributed by atoms with Crippen molar-refractivity contribution >= 4 is 76.6 Å². The van der Waals surface area contributed by atoms with E-state index in [0.29, 0.717) is 46.9 Å². The zero-order valence-electron chi connectivity index (χ0n) is 36.0. The molecule has 65 heavy (non-hydrogen) atoms. The Labute approximate surface area is 381 Å². The number of benzene rings is 3. The molecule has 9 rings (SSSR count). The summed E-state index contributed by atoms with van der Waals surface area (Å²) in [6, 6.07) is 20.1. The Kier molecular flexibility index (Phi) is 11.7. The van der Waals surface area contributed by atoms with Crippen molar-refractivity contribution in [2.45, 2.75) is 50.5 Å². The number of nitro benzene ring substituents is 1. The number of allylic oxidation sites excluding steroid dienone is 1. The number of piperazine rings is 1. The summed E-state index contributed by atoms with van der Waals surface area (Å²) in [6.07, 6.45) is 7.17. The van der Waals surface area contributed by atoms with Crippen LogP contribution in [0.15, 0.2) is 95.7 Å². The number of carbonyl (C=O) groups is 1. The first kappa shape index (κ1) is 44.3. The van der Waals surface area contributed by atoms with E-state index in [1.54, 1.807) is 29.2 Å². The van der Waals surface area contributed by atoms with E-state index in [4.69, 9.17) is 16.3 Å². The fourth-order valence-corrected chi connectivity index (χ4v) is 11.0. The number of anilines is 1. The van der Waals surface area contributed by atoms with Crippen LogP contribution in [0.2, 0.25) is 5.02 Å². The summed E-state index contributed by atoms with van der Waals surface area (Å²) >= 11 is 6.25. The number of rotatable bonds is 12. The van der Waals surface area contributed by atoms with Gasteiger partial charge in [0, 0.05) is 67.6 Å². The molecule has 1 amide bonds. The van der Waals surface area contributed by atoms with Crippen LogP contribution in [0.1, 0.15) is 55.5 Å². The number of nitrogens with zero attached hydrogens (tertiary/aromatic N) is 7. The van der Waals surface area contributed by atoms with Gasteiger partial charge in [-0.05, 0) is 96.8 Å². The molecule has 2 fully saturated rings. The number of halogens is 1. The number of fused-ring (bicyclic) bond motifs is 2. The maximum atomic E-state index is 14.2. The minimum absolute atomic E-state index is 0.00908. The summed E-state index contributed by atoms with van der Waals surface area (Å²) in [5.74, 6) is -1.21. The summed E-state index contributed by atoms with van der Waals surface area (Å²) in [4.78, 5) is 37.5. The Morgan fingerprint density at radius 1 is 1.00 bits per heavy atom. The number of nitro groups is 1. The van der Waals surface area contributed by atoms with E-state index >= 15 is 0 Å². The summed E-state index contributed by atoms with van der Waals surface area (Å²) in [7, 11) is -8.18. The van der Waals surface area contributed by atoms with Crippen LogP contribution in [0.4, 0.5) is 11.4 Å². The van der Waals surface area contributed by atoms with Crippen LogP contribution >= 0.6 is 11.6 Å². The first-order valence-electron chi connectivity index (χ1n) is 21.3. The number of hydrogen-bond acceptors (Lipinski definition) is 12. The second kappa shape index (κ2) is 17.2. The first-order chi connectivity index (χ1) is 30.9. The van der Waals surface area contributed by atoms with Crippen molar-refractivity contribution in [1.82, 2.24) is 33.7 Å². The van der Waals surface area contributed by atoms with Crippen LogP contribution in [0.3, 0.4) is 0 Å². The topological polar surface area (TPSA) is 206 Å². The summed E-state index contributed by atoms with van der Waals surface area (Å²) < 4.78 is 62.4. The molecule has 2 N–H and O–H groups in total. The Morgan fingerprint density at radius 3 is 2.49 bits per heavy atom. The molecule has 3 aliphatic rings. The maximum Gasteiger partial charge on any atom is 0.312 e. The molecule has 340 valence electrons. The van der Waals surface area contributed by atoms with Gasteiger partial charge in [-0.1, -0.05) is 43.2 Å². The van der Waals surface area contributed by atoms with Crippen molar-refractivity contribution in [3.63, 3.8) is 0 Å². The number of carbonyl (C=O) groups excluding carboxylic acids is 1. The van der Waals surface area contributed by atoms with Gasteiger partial charge in [-0.3, -0.25) is 19.8 Å². The normalized spacial score (nSPS) is 18.7. The predicted octanol–water partition coefficient (Wildman–Crippen LogP) is 6.78. The SMILES string of the molecule is CC1(C)CCC(CN2CCN(c3ccc(C(=O)NS(=O)(=O)c4ccc(O[C@H]5CCN(S(C)(=O)=O)C5)c([N+](=O)[O-])c4)c(-n4ncc5nc6[nH]ccc6cc54)c3)CC2)=C(c2ccc(Cl)cc2)C1. The number of amides is 1. The molecule has 0 radical (unpaired) electrons. The molecule has 2 saturated heterocycles. The van der Waals surface area contributed by atoms with Gasteiger partial charge >= 0.3 is 5.69 Å². The third kappa shape index (κ3) is 9.33. The maximum absolute atomic E-state index is 14.2. The molecule has 2 aliphatic heterocycles. The molecule has 6 aromatic rings. The van der Waals surface area contributed by atoms with Gasteiger partial charge in [-0.25, -0.2) is 31.2 Å². The molecule has 17 nitrogen and oxygen atoms in total. The minimum atomic E-state index is -4.68. The molecule has 0 bridgehead atoms. The van der Waals surface area contributed by atoms with Crippen LogP contribution in [0, 0.1) is 15.5 Å². The minimum Gasteiger partial charge on any atom is -0.482 e. The smallest absolute Gasteiger partial charge is 0.312 e. The fourth-order valence-electron chi connectivity index (χ4n) is 9.02. The highest BCUT2D eigenvalue weighted by molar-refractivity contribution is 7.90. The number of pyridine rings is 1. The van der Waals surface area contributed by atoms with Gasteiger partial charge in [0.15, 0.2) is 5.75 Å². The van der Waals surface area contributed by atoms with Gasteiger partial charge < -0.3 is 14.6 Å². The molecule has 0 unspecified atom stereocenters. The summed E-state index contributed by atoms with van der Waals surface area (Å²) in [5.41, 5.74) is 6.52. The average molecular weight is 943 g/mol. The largest absolute Gasteiger partial charge is 0.482 e. The van der Waals surface area contributed by atoms with Crippen LogP contribution in [-0.2, 0) is 20.0 Å². The Hall–Kier alpha value is -5.86. The van der Waals surface area contributed by atoms with Crippen LogP contribution in [-0.4, -0.2) is 115 Å². The summed E-state index contributed by atoms with van der Waals surface area (Å²) in [5, 5.41) is 18.3. The molecule has 0 saturated carbocycles. The number of H-pyrrole nitrogens is 1. The highest BCUT2D eigenvalue weighted by atomic mass is 35.5. The monoisotopic (exact) mass is 941 g/mol. The van der Waals surface area contributed by atoms with Crippen molar-refractivity contribution < 1.29 is 31.3 Å². The van der Waals surface area contributed by atoms with E-state index in [1.807, 2.05) is 30.3 Å². The summed E-state index contributed by atoms with van der Waals surface area (Å²) in [6.45, 7) is 8.69. The molecule has 0 spiro atoms. The molecule has 3 aromatic heterocycles. The predicted molar refractivity (Wildman–Crippen MR) is 249 cm³/mol. The number of sulfonamides is 2. The Balaban J connectivity index is 0.978. The van der Waals surface area contributed by atoms with Gasteiger partial charge in [0.05, 0.1) is 45.6 Å². The lowest BCUT2D eigenvalue weighted by atomic mass is 9.72. The van der Waals surface area contributed by atoms with Gasteiger partial charge in [0.25, 0.3) is 15.9 Å². The van der Waals surface area contributed by atoms with Crippen molar-refractivity contribution in [2.24, 2.45) is 5.41 Å². The molecular weight excluding hydrogens is 894 g/mol. The number of nitrogens with one attached hydrogen (secondary N) is 2. The molecule has 1 aliphatic carbocycles. The first-order valence-corrected chi connectivity index (χ1v) is 25.0. The molecule has 5 heterocycles. The van der Waals surface area contributed by atoms with E-state index in [2.05, 4.69) is 55.6 Å². The van der Waals surface area contributed by atoms with Gasteiger partial charge in [-0.2, -0.15) is 9.40 Å². The third-order valence-corrected chi connectivity index (χ3v) is 15.4. The number of aromatic amines is 1. The Bertz CT molecular complexity index is 3110. The molecule has 20 heteroatoms. The second-order valence-electron chi connectivity index (χ2n) is 17.7. The molecule has 3 aromatic carbocycles. The van der Waals surface area contributed by atoms with E-state index in [9.17, 15) is 31.7 Å². The third-order valence-electron chi connectivity index (χ3n) is 12.6. The highest BCUT2D eigenvalue weighted by Crippen LogP contribution is 2.43. The molecule has 1 atom stereocenters. The Morgan fingerprint density at radius 2 is 1.77 bits per heavy atom. The molecular formula is C45H48ClN9O8S2. The average Bonchev–Trinajstić information content (AvgIpc) is 4.04. The second-order valence-corrected chi connectivity index (χ2v) is 21.8. The number of hydrogen-bond donors (Lipinski definition) is 2. The van der Waals surface area contributed by atoms with E-state index in [0.717, 1.165) is 74.4 Å². The van der Waals surface area contributed by atoms with Crippen LogP contribution in [0.25, 0.3) is 33.3 Å². The number of ether oxygens (including phenoxy) is 1. The van der Waals surface area contributed by atoms with Crippen LogP contribution in [0.5, 0.6) is 5.75 Å². The van der Waals surface area contributed by atoms with Crippen molar-refractivity contribution in [2.75, 3.05) is 57.0 Å². The van der Waals surface area contributed by atoms with Gasteiger partial charge in [0.1, 0.15) is 17.3 Å².